The smallest absolute Gasteiger partial charge is 0.396 e. The number of halogens is 5. The van der Waals surface area contributed by atoms with E-state index in [0.29, 0.717) is 10.6 Å². The fourth-order valence-corrected chi connectivity index (χ4v) is 1.86. The lowest BCUT2D eigenvalue weighted by molar-refractivity contribution is -0.130. The van der Waals surface area contributed by atoms with E-state index in [1.807, 2.05) is 0 Å². The van der Waals surface area contributed by atoms with Gasteiger partial charge >= 0.3 is 6.18 Å². The summed E-state index contributed by atoms with van der Waals surface area (Å²) in [5.41, 5.74) is 0.398. The monoisotopic (exact) mass is 295 g/mol. The molecular formula is C11H6Cl2F3NO. The number of aromatic nitrogens is 1. The van der Waals surface area contributed by atoms with E-state index in [0.717, 1.165) is 6.20 Å². The summed E-state index contributed by atoms with van der Waals surface area (Å²) >= 11 is 11.6. The maximum absolute atomic E-state index is 12.2. The van der Waals surface area contributed by atoms with Crippen molar-refractivity contribution in [1.29, 1.82) is 0 Å². The molecule has 2 rings (SSSR count). The normalized spacial score (nSPS) is 11.8. The lowest BCUT2D eigenvalue weighted by Gasteiger charge is -2.02. The summed E-state index contributed by atoms with van der Waals surface area (Å²) in [5, 5.41) is 0.689. The molecule has 1 aromatic heterocycles. The van der Waals surface area contributed by atoms with Crippen LogP contribution in [-0.2, 0) is 6.42 Å². The molecule has 0 aliphatic carbocycles. The summed E-state index contributed by atoms with van der Waals surface area (Å²) in [6, 6.07) is 4.55. The molecule has 0 unspecified atom stereocenters. The van der Waals surface area contributed by atoms with Crippen molar-refractivity contribution in [3.05, 3.63) is 40.2 Å². The molecule has 0 spiro atoms. The zero-order valence-electron chi connectivity index (χ0n) is 8.76. The van der Waals surface area contributed by atoms with Gasteiger partial charge in [0.1, 0.15) is 12.2 Å². The molecule has 0 fully saturated rings. The van der Waals surface area contributed by atoms with Crippen LogP contribution in [0.4, 0.5) is 13.2 Å². The van der Waals surface area contributed by atoms with Crippen molar-refractivity contribution in [1.82, 2.24) is 4.98 Å². The van der Waals surface area contributed by atoms with Crippen molar-refractivity contribution >= 4 is 23.2 Å². The van der Waals surface area contributed by atoms with Gasteiger partial charge in [0.15, 0.2) is 0 Å². The van der Waals surface area contributed by atoms with Crippen LogP contribution in [0.3, 0.4) is 0 Å². The molecule has 0 aliphatic heterocycles. The Morgan fingerprint density at radius 3 is 2.56 bits per heavy atom. The number of alkyl halides is 3. The van der Waals surface area contributed by atoms with Crippen molar-refractivity contribution in [2.75, 3.05) is 0 Å². The summed E-state index contributed by atoms with van der Waals surface area (Å²) in [4.78, 5) is 3.77. The van der Waals surface area contributed by atoms with Gasteiger partial charge in [0.25, 0.3) is 0 Å². The molecule has 1 heterocycles. The zero-order chi connectivity index (χ0) is 13.3. The van der Waals surface area contributed by atoms with Crippen molar-refractivity contribution in [2.24, 2.45) is 0 Å². The molecule has 0 saturated carbocycles. The van der Waals surface area contributed by atoms with Crippen LogP contribution in [0.15, 0.2) is 28.8 Å². The van der Waals surface area contributed by atoms with E-state index in [-0.39, 0.29) is 16.7 Å². The molecule has 2 aromatic rings. The second kappa shape index (κ2) is 4.82. The Hall–Kier alpha value is -1.20. The van der Waals surface area contributed by atoms with Crippen LogP contribution in [0.1, 0.15) is 5.76 Å². The van der Waals surface area contributed by atoms with E-state index in [9.17, 15) is 13.2 Å². The molecule has 96 valence electrons. The minimum absolute atomic E-state index is 0.0379. The van der Waals surface area contributed by atoms with Gasteiger partial charge in [0.05, 0.1) is 16.8 Å². The maximum Gasteiger partial charge on any atom is 0.396 e. The average molecular weight is 296 g/mol. The molecule has 0 bridgehead atoms. The Morgan fingerprint density at radius 2 is 1.94 bits per heavy atom. The number of oxazole rings is 1. The van der Waals surface area contributed by atoms with E-state index < -0.39 is 12.6 Å². The van der Waals surface area contributed by atoms with Gasteiger partial charge in [0, 0.05) is 5.02 Å². The van der Waals surface area contributed by atoms with Crippen LogP contribution in [-0.4, -0.2) is 11.2 Å². The van der Waals surface area contributed by atoms with E-state index >= 15 is 0 Å². The predicted molar refractivity (Wildman–Crippen MR) is 61.7 cm³/mol. The summed E-state index contributed by atoms with van der Waals surface area (Å²) in [6.45, 7) is 0. The Bertz CT molecular complexity index is 566. The van der Waals surface area contributed by atoms with Crippen LogP contribution < -0.4 is 0 Å². The lowest BCUT2D eigenvalue weighted by Crippen LogP contribution is -2.10. The number of hydrogen-bond donors (Lipinski definition) is 0. The van der Waals surface area contributed by atoms with E-state index in [1.165, 1.54) is 12.1 Å². The SMILES string of the molecule is FC(F)(F)Cc1cnc(-c2ccc(Cl)cc2Cl)o1. The largest absolute Gasteiger partial charge is 0.441 e. The Kier molecular flexibility index (Phi) is 3.54. The molecule has 0 amide bonds. The van der Waals surface area contributed by atoms with Gasteiger partial charge in [-0.25, -0.2) is 4.98 Å². The van der Waals surface area contributed by atoms with Gasteiger partial charge in [-0.05, 0) is 18.2 Å². The van der Waals surface area contributed by atoms with Gasteiger partial charge in [-0.15, -0.1) is 0 Å². The first-order valence-electron chi connectivity index (χ1n) is 4.82. The zero-order valence-corrected chi connectivity index (χ0v) is 10.3. The summed E-state index contributed by atoms with van der Waals surface area (Å²) in [7, 11) is 0. The highest BCUT2D eigenvalue weighted by atomic mass is 35.5. The second-order valence-corrected chi connectivity index (χ2v) is 4.39. The van der Waals surface area contributed by atoms with Gasteiger partial charge in [-0.2, -0.15) is 13.2 Å². The van der Waals surface area contributed by atoms with Crippen molar-refractivity contribution in [3.63, 3.8) is 0 Å². The Morgan fingerprint density at radius 1 is 1.22 bits per heavy atom. The molecule has 0 aliphatic rings. The second-order valence-electron chi connectivity index (χ2n) is 3.55. The molecule has 18 heavy (non-hydrogen) atoms. The van der Waals surface area contributed by atoms with Crippen molar-refractivity contribution in [2.45, 2.75) is 12.6 Å². The molecule has 0 radical (unpaired) electrons. The van der Waals surface area contributed by atoms with Crippen LogP contribution in [0.25, 0.3) is 11.5 Å². The summed E-state index contributed by atoms with van der Waals surface area (Å²) in [6.07, 6.45) is -4.46. The first-order valence-corrected chi connectivity index (χ1v) is 5.57. The molecule has 1 aromatic carbocycles. The topological polar surface area (TPSA) is 26.0 Å². The fraction of sp³-hybridized carbons (Fsp3) is 0.182. The van der Waals surface area contributed by atoms with Crippen LogP contribution in [0, 0.1) is 0 Å². The third-order valence-electron chi connectivity index (χ3n) is 2.09. The highest BCUT2D eigenvalue weighted by molar-refractivity contribution is 6.36. The number of hydrogen-bond acceptors (Lipinski definition) is 2. The Balaban J connectivity index is 2.29. The third kappa shape index (κ3) is 3.17. The first-order chi connectivity index (χ1) is 8.35. The molecule has 0 atom stereocenters. The van der Waals surface area contributed by atoms with Crippen LogP contribution >= 0.6 is 23.2 Å². The number of rotatable bonds is 2. The van der Waals surface area contributed by atoms with Gasteiger partial charge in [-0.3, -0.25) is 0 Å². The highest BCUT2D eigenvalue weighted by Crippen LogP contribution is 2.31. The minimum Gasteiger partial charge on any atom is -0.441 e. The van der Waals surface area contributed by atoms with Gasteiger partial charge in [0.2, 0.25) is 5.89 Å². The fourth-order valence-electron chi connectivity index (χ4n) is 1.37. The average Bonchev–Trinajstić information content (AvgIpc) is 2.63. The molecule has 0 N–H and O–H groups in total. The Labute approximate surface area is 110 Å². The van der Waals surface area contributed by atoms with E-state index in [2.05, 4.69) is 4.98 Å². The van der Waals surface area contributed by atoms with E-state index in [1.54, 1.807) is 6.07 Å². The maximum atomic E-state index is 12.2. The van der Waals surface area contributed by atoms with Gasteiger partial charge in [-0.1, -0.05) is 23.2 Å². The first kappa shape index (κ1) is 13.2. The van der Waals surface area contributed by atoms with Crippen LogP contribution in [0.2, 0.25) is 10.0 Å². The quantitative estimate of drug-likeness (QED) is 0.799. The van der Waals surface area contributed by atoms with Crippen LogP contribution in [0.5, 0.6) is 0 Å². The van der Waals surface area contributed by atoms with Gasteiger partial charge < -0.3 is 4.42 Å². The van der Waals surface area contributed by atoms with E-state index in [4.69, 9.17) is 27.6 Å². The summed E-state index contributed by atoms with van der Waals surface area (Å²) < 4.78 is 41.5. The summed E-state index contributed by atoms with van der Waals surface area (Å²) in [5.74, 6) is -0.223. The van der Waals surface area contributed by atoms with Crippen molar-refractivity contribution < 1.29 is 17.6 Å². The lowest BCUT2D eigenvalue weighted by atomic mass is 10.2. The standard InChI is InChI=1S/C11H6Cl2F3NO/c12-6-1-2-8(9(13)3-6)10-17-5-7(18-10)4-11(14,15)16/h1-3,5H,4H2. The number of nitrogens with zero attached hydrogens (tertiary/aromatic N) is 1. The molecular weight excluding hydrogens is 290 g/mol. The third-order valence-corrected chi connectivity index (χ3v) is 2.64. The highest BCUT2D eigenvalue weighted by Gasteiger charge is 2.30. The predicted octanol–water partition coefficient (Wildman–Crippen LogP) is 4.75. The molecule has 0 saturated heterocycles. The van der Waals surface area contributed by atoms with Crippen molar-refractivity contribution in [3.8, 4) is 11.5 Å². The number of benzene rings is 1. The molecule has 2 nitrogen and oxygen atoms in total. The minimum atomic E-state index is -4.33. The molecule has 7 heteroatoms.